The second-order valence-corrected chi connectivity index (χ2v) is 12.6. The van der Waals surface area contributed by atoms with E-state index in [0.717, 1.165) is 17.1 Å². The minimum Gasteiger partial charge on any atom is -0.310 e. The molecule has 0 spiro atoms. The van der Waals surface area contributed by atoms with Gasteiger partial charge in [0.05, 0.1) is 22.2 Å². The molecule has 2 heterocycles. The average molecular weight is 611 g/mol. The van der Waals surface area contributed by atoms with Crippen LogP contribution in [0.4, 0.5) is 17.1 Å². The Hall–Kier alpha value is -6.38. The summed E-state index contributed by atoms with van der Waals surface area (Å²) >= 11 is 0. The van der Waals surface area contributed by atoms with Gasteiger partial charge in [-0.25, -0.2) is 0 Å². The highest BCUT2D eigenvalue weighted by atomic mass is 15.1. The maximum absolute atomic E-state index is 2.45. The highest BCUT2D eigenvalue weighted by molar-refractivity contribution is 6.23. The first-order valence-corrected chi connectivity index (χ1v) is 16.5. The summed E-state index contributed by atoms with van der Waals surface area (Å²) in [5, 5.41) is 7.67. The van der Waals surface area contributed by atoms with Crippen LogP contribution < -0.4 is 4.90 Å². The third kappa shape index (κ3) is 4.06. The van der Waals surface area contributed by atoms with Gasteiger partial charge in [-0.15, -0.1) is 0 Å². The van der Waals surface area contributed by atoms with Crippen molar-refractivity contribution in [3.8, 4) is 22.3 Å². The molecule has 0 radical (unpaired) electrons. The minimum atomic E-state index is 1.12. The van der Waals surface area contributed by atoms with Crippen LogP contribution in [-0.4, -0.2) is 4.40 Å². The summed E-state index contributed by atoms with van der Waals surface area (Å²) in [5.41, 5.74) is 12.1. The lowest BCUT2D eigenvalue weighted by Gasteiger charge is -2.27. The molecule has 8 aromatic carbocycles. The van der Waals surface area contributed by atoms with Crippen LogP contribution in [0.25, 0.3) is 71.1 Å². The standard InChI is InChI=1S/C46H30N2/c1-2-10-31(11-3-1)32-20-25-36(26-21-32)47(43-19-8-13-34-12-4-5-14-38(34)43)37-27-22-33(23-28-37)35-24-29-40-42-17-9-16-41-39-15-6-7-18-44(39)48(46(41)42)45(40)30-35/h1-30H. The Morgan fingerprint density at radius 1 is 0.333 bits per heavy atom. The third-order valence-corrected chi connectivity index (χ3v) is 9.92. The van der Waals surface area contributed by atoms with Gasteiger partial charge in [-0.2, -0.15) is 0 Å². The molecule has 10 rings (SSSR count). The van der Waals surface area contributed by atoms with Gasteiger partial charge in [0.1, 0.15) is 0 Å². The number of para-hydroxylation sites is 2. The van der Waals surface area contributed by atoms with Gasteiger partial charge in [-0.1, -0.05) is 140 Å². The summed E-state index contributed by atoms with van der Waals surface area (Å²) in [6.45, 7) is 0. The van der Waals surface area contributed by atoms with E-state index < -0.39 is 0 Å². The molecule has 2 aromatic heterocycles. The van der Waals surface area contributed by atoms with E-state index in [4.69, 9.17) is 0 Å². The Bertz CT molecular complexity index is 2750. The van der Waals surface area contributed by atoms with E-state index in [1.165, 1.54) is 71.1 Å². The summed E-state index contributed by atoms with van der Waals surface area (Å²) in [6, 6.07) is 66.1. The number of anilines is 3. The molecule has 0 N–H and O–H groups in total. The predicted octanol–water partition coefficient (Wildman–Crippen LogP) is 12.8. The molecule has 0 aliphatic rings. The third-order valence-electron chi connectivity index (χ3n) is 9.92. The monoisotopic (exact) mass is 610 g/mol. The lowest BCUT2D eigenvalue weighted by molar-refractivity contribution is 1.30. The van der Waals surface area contributed by atoms with Gasteiger partial charge in [0, 0.05) is 38.3 Å². The molecule has 0 aliphatic carbocycles. The van der Waals surface area contributed by atoms with Crippen molar-refractivity contribution < 1.29 is 0 Å². The average Bonchev–Trinajstić information content (AvgIpc) is 3.68. The number of aromatic nitrogens is 1. The smallest absolute Gasteiger partial charge is 0.0620 e. The molecule has 0 atom stereocenters. The fraction of sp³-hybridized carbons (Fsp3) is 0. The van der Waals surface area contributed by atoms with Crippen molar-refractivity contribution in [3.05, 3.63) is 182 Å². The number of rotatable bonds is 5. The number of fused-ring (bicyclic) bond motifs is 7. The van der Waals surface area contributed by atoms with E-state index in [-0.39, 0.29) is 0 Å². The zero-order valence-corrected chi connectivity index (χ0v) is 26.2. The molecule has 0 aliphatic heterocycles. The quantitative estimate of drug-likeness (QED) is 0.188. The first-order valence-electron chi connectivity index (χ1n) is 16.5. The van der Waals surface area contributed by atoms with Crippen LogP contribution in [0.1, 0.15) is 0 Å². The maximum atomic E-state index is 2.45. The van der Waals surface area contributed by atoms with Crippen LogP contribution >= 0.6 is 0 Å². The minimum absolute atomic E-state index is 1.12. The molecule has 2 nitrogen and oxygen atoms in total. The normalized spacial score (nSPS) is 11.8. The second kappa shape index (κ2) is 10.6. The molecule has 0 saturated carbocycles. The number of hydrogen-bond donors (Lipinski definition) is 0. The van der Waals surface area contributed by atoms with E-state index in [0.29, 0.717) is 0 Å². The summed E-state index contributed by atoms with van der Waals surface area (Å²) in [6.07, 6.45) is 0. The number of nitrogens with zero attached hydrogens (tertiary/aromatic N) is 2. The summed E-state index contributed by atoms with van der Waals surface area (Å²) < 4.78 is 2.45. The fourth-order valence-corrected chi connectivity index (χ4v) is 7.68. The number of benzene rings is 8. The van der Waals surface area contributed by atoms with E-state index in [9.17, 15) is 0 Å². The highest BCUT2D eigenvalue weighted by Crippen LogP contribution is 2.42. The molecule has 0 unspecified atom stereocenters. The molecule has 2 heteroatoms. The Kier molecular flexibility index (Phi) is 5.91. The molecule has 0 fully saturated rings. The van der Waals surface area contributed by atoms with Gasteiger partial charge in [0.15, 0.2) is 0 Å². The Morgan fingerprint density at radius 2 is 0.854 bits per heavy atom. The maximum Gasteiger partial charge on any atom is 0.0620 e. The Balaban J connectivity index is 1.10. The van der Waals surface area contributed by atoms with E-state index in [1.54, 1.807) is 0 Å². The molecule has 0 bridgehead atoms. The molecule has 224 valence electrons. The van der Waals surface area contributed by atoms with Crippen LogP contribution in [0.3, 0.4) is 0 Å². The van der Waals surface area contributed by atoms with Crippen LogP contribution in [0.5, 0.6) is 0 Å². The van der Waals surface area contributed by atoms with Gasteiger partial charge in [0.25, 0.3) is 0 Å². The number of hydrogen-bond acceptors (Lipinski definition) is 1. The van der Waals surface area contributed by atoms with E-state index in [2.05, 4.69) is 191 Å². The van der Waals surface area contributed by atoms with Crippen molar-refractivity contribution in [1.82, 2.24) is 4.40 Å². The summed E-state index contributed by atoms with van der Waals surface area (Å²) in [5.74, 6) is 0. The van der Waals surface area contributed by atoms with Gasteiger partial charge >= 0.3 is 0 Å². The van der Waals surface area contributed by atoms with Crippen LogP contribution in [-0.2, 0) is 0 Å². The fourth-order valence-electron chi connectivity index (χ4n) is 7.68. The molecule has 48 heavy (non-hydrogen) atoms. The topological polar surface area (TPSA) is 7.65 Å². The van der Waals surface area contributed by atoms with E-state index >= 15 is 0 Å². The second-order valence-electron chi connectivity index (χ2n) is 12.6. The summed E-state index contributed by atoms with van der Waals surface area (Å²) in [4.78, 5) is 2.38. The van der Waals surface area contributed by atoms with Crippen molar-refractivity contribution in [1.29, 1.82) is 0 Å². The molecule has 10 aromatic rings. The van der Waals surface area contributed by atoms with Crippen LogP contribution in [0, 0.1) is 0 Å². The Morgan fingerprint density at radius 3 is 1.60 bits per heavy atom. The first kappa shape index (κ1) is 26.8. The lowest BCUT2D eigenvalue weighted by atomic mass is 10.0. The zero-order chi connectivity index (χ0) is 31.6. The predicted molar refractivity (Wildman–Crippen MR) is 204 cm³/mol. The highest BCUT2D eigenvalue weighted by Gasteiger charge is 2.18. The molecular formula is C46H30N2. The van der Waals surface area contributed by atoms with Crippen molar-refractivity contribution in [2.75, 3.05) is 4.90 Å². The largest absolute Gasteiger partial charge is 0.310 e. The first-order chi connectivity index (χ1) is 23.8. The molecular weight excluding hydrogens is 581 g/mol. The molecule has 0 amide bonds. The van der Waals surface area contributed by atoms with Gasteiger partial charge < -0.3 is 9.30 Å². The zero-order valence-electron chi connectivity index (χ0n) is 26.2. The SMILES string of the molecule is c1ccc(-c2ccc(N(c3ccc(-c4ccc5c6cccc7c8ccccc8n(c5c4)c76)cc3)c3cccc4ccccc34)cc2)cc1. The molecule has 0 saturated heterocycles. The van der Waals surface area contributed by atoms with Gasteiger partial charge in [0.2, 0.25) is 0 Å². The van der Waals surface area contributed by atoms with Crippen molar-refractivity contribution in [3.63, 3.8) is 0 Å². The van der Waals surface area contributed by atoms with Crippen LogP contribution in [0.2, 0.25) is 0 Å². The van der Waals surface area contributed by atoms with Gasteiger partial charge in [-0.3, -0.25) is 0 Å². The van der Waals surface area contributed by atoms with Crippen molar-refractivity contribution >= 4 is 65.9 Å². The Labute approximate surface area is 278 Å². The lowest BCUT2D eigenvalue weighted by Crippen LogP contribution is -2.10. The summed E-state index contributed by atoms with van der Waals surface area (Å²) in [7, 11) is 0. The van der Waals surface area contributed by atoms with E-state index in [1.807, 2.05) is 0 Å². The van der Waals surface area contributed by atoms with Crippen molar-refractivity contribution in [2.45, 2.75) is 0 Å². The van der Waals surface area contributed by atoms with Crippen LogP contribution in [0.15, 0.2) is 182 Å². The van der Waals surface area contributed by atoms with Gasteiger partial charge in [-0.05, 0) is 70.1 Å². The van der Waals surface area contributed by atoms with Crippen molar-refractivity contribution in [2.24, 2.45) is 0 Å².